The predicted octanol–water partition coefficient (Wildman–Crippen LogP) is 2.63. The average molecular weight is 211 g/mol. The second-order valence-electron chi connectivity index (χ2n) is 4.58. The van der Waals surface area contributed by atoms with Crippen molar-refractivity contribution < 1.29 is 5.11 Å². The van der Waals surface area contributed by atoms with Crippen LogP contribution in [0.3, 0.4) is 0 Å². The molecule has 1 atom stereocenters. The summed E-state index contributed by atoms with van der Waals surface area (Å²) in [7, 11) is 0. The van der Waals surface area contributed by atoms with Crippen molar-refractivity contribution in [2.75, 3.05) is 13.2 Å². The zero-order chi connectivity index (χ0) is 10.9. The second kappa shape index (κ2) is 7.89. The van der Waals surface area contributed by atoms with Crippen molar-refractivity contribution in [3.63, 3.8) is 0 Å². The Kier molecular flexibility index (Phi) is 6.69. The molecule has 2 N–H and O–H groups in total. The number of hydrogen-bond acceptors (Lipinski definition) is 2. The molecule has 1 aliphatic rings. The van der Waals surface area contributed by atoms with E-state index in [-0.39, 0.29) is 0 Å². The molecule has 1 rings (SSSR count). The van der Waals surface area contributed by atoms with Crippen molar-refractivity contribution in [1.82, 2.24) is 5.32 Å². The van der Waals surface area contributed by atoms with Gasteiger partial charge in [0.2, 0.25) is 0 Å². The molecule has 0 aromatic carbocycles. The van der Waals surface area contributed by atoms with Gasteiger partial charge in [-0.2, -0.15) is 0 Å². The van der Waals surface area contributed by atoms with Crippen LogP contribution in [-0.4, -0.2) is 24.3 Å². The Balaban J connectivity index is 2.02. The molecule has 0 aromatic heterocycles. The number of rotatable bonds is 7. The Hall–Kier alpha value is -0.340. The molecule has 0 bridgehead atoms. The number of aliphatic hydroxyl groups is 1. The van der Waals surface area contributed by atoms with E-state index in [9.17, 15) is 0 Å². The molecule has 2 heteroatoms. The molecule has 0 amide bonds. The highest BCUT2D eigenvalue weighted by Gasteiger charge is 2.04. The third kappa shape index (κ3) is 5.95. The number of allylic oxidation sites excluding steroid dienone is 1. The van der Waals surface area contributed by atoms with Crippen molar-refractivity contribution in [1.29, 1.82) is 0 Å². The fourth-order valence-electron chi connectivity index (χ4n) is 2.11. The van der Waals surface area contributed by atoms with Crippen LogP contribution in [0.2, 0.25) is 0 Å². The number of hydrogen-bond donors (Lipinski definition) is 2. The summed E-state index contributed by atoms with van der Waals surface area (Å²) in [5.74, 6) is 0. The van der Waals surface area contributed by atoms with Crippen LogP contribution in [-0.2, 0) is 0 Å². The first-order chi connectivity index (χ1) is 7.33. The molecule has 1 unspecified atom stereocenters. The summed E-state index contributed by atoms with van der Waals surface area (Å²) < 4.78 is 0. The molecule has 2 nitrogen and oxygen atoms in total. The quantitative estimate of drug-likeness (QED) is 0.634. The minimum Gasteiger partial charge on any atom is -0.396 e. The molecular formula is C13H25NO. The lowest BCUT2D eigenvalue weighted by molar-refractivity contribution is 0.276. The lowest BCUT2D eigenvalue weighted by Crippen LogP contribution is -2.27. The third-order valence-electron chi connectivity index (χ3n) is 3.12. The van der Waals surface area contributed by atoms with Crippen LogP contribution in [0.1, 0.15) is 51.9 Å². The van der Waals surface area contributed by atoms with Crippen molar-refractivity contribution in [3.8, 4) is 0 Å². The summed E-state index contributed by atoms with van der Waals surface area (Å²) in [6.07, 6.45) is 11.0. The van der Waals surface area contributed by atoms with Crippen molar-refractivity contribution in [3.05, 3.63) is 11.6 Å². The molecule has 0 aliphatic heterocycles. The smallest absolute Gasteiger partial charge is 0.0431 e. The van der Waals surface area contributed by atoms with Gasteiger partial charge in [0.1, 0.15) is 0 Å². The lowest BCUT2D eigenvalue weighted by atomic mass is 9.97. The van der Waals surface area contributed by atoms with Gasteiger partial charge in [-0.3, -0.25) is 0 Å². The Morgan fingerprint density at radius 3 is 3.00 bits per heavy atom. The zero-order valence-corrected chi connectivity index (χ0v) is 9.97. The van der Waals surface area contributed by atoms with Crippen LogP contribution < -0.4 is 5.32 Å². The summed E-state index contributed by atoms with van der Waals surface area (Å²) in [6.45, 7) is 3.61. The highest BCUT2D eigenvalue weighted by atomic mass is 16.2. The van der Waals surface area contributed by atoms with Crippen LogP contribution in [0.15, 0.2) is 11.6 Å². The zero-order valence-electron chi connectivity index (χ0n) is 9.97. The summed E-state index contributed by atoms with van der Waals surface area (Å²) in [6, 6.07) is 0.543. The van der Waals surface area contributed by atoms with Gasteiger partial charge in [0, 0.05) is 12.6 Å². The van der Waals surface area contributed by atoms with E-state index < -0.39 is 0 Å². The number of nitrogens with one attached hydrogen (secondary N) is 1. The van der Waals surface area contributed by atoms with Crippen molar-refractivity contribution in [2.24, 2.45) is 0 Å². The van der Waals surface area contributed by atoms with Gasteiger partial charge in [-0.25, -0.2) is 0 Å². The fourth-order valence-corrected chi connectivity index (χ4v) is 2.11. The molecule has 0 spiro atoms. The van der Waals surface area contributed by atoms with Crippen molar-refractivity contribution in [2.45, 2.75) is 57.9 Å². The molecule has 88 valence electrons. The minimum atomic E-state index is 0.317. The van der Waals surface area contributed by atoms with Crippen LogP contribution >= 0.6 is 0 Å². The molecule has 0 heterocycles. The minimum absolute atomic E-state index is 0.317. The normalized spacial score (nSPS) is 18.7. The number of aliphatic hydroxyl groups excluding tert-OH is 1. The molecule has 0 fully saturated rings. The van der Waals surface area contributed by atoms with Gasteiger partial charge in [-0.1, -0.05) is 11.6 Å². The summed E-state index contributed by atoms with van der Waals surface area (Å²) in [4.78, 5) is 0. The van der Waals surface area contributed by atoms with E-state index in [1.807, 2.05) is 0 Å². The average Bonchev–Trinajstić information content (AvgIpc) is 2.28. The topological polar surface area (TPSA) is 32.3 Å². The Bertz CT molecular complexity index is 189. The van der Waals surface area contributed by atoms with Crippen LogP contribution in [0.5, 0.6) is 0 Å². The van der Waals surface area contributed by atoms with Gasteiger partial charge in [0.15, 0.2) is 0 Å². The van der Waals surface area contributed by atoms with Gasteiger partial charge in [0.25, 0.3) is 0 Å². The maximum Gasteiger partial charge on any atom is 0.0431 e. The lowest BCUT2D eigenvalue weighted by Gasteiger charge is -2.16. The van der Waals surface area contributed by atoms with Gasteiger partial charge < -0.3 is 10.4 Å². The van der Waals surface area contributed by atoms with Crippen molar-refractivity contribution >= 4 is 0 Å². The predicted molar refractivity (Wildman–Crippen MR) is 65.0 cm³/mol. The monoisotopic (exact) mass is 211 g/mol. The van der Waals surface area contributed by atoms with Gasteiger partial charge in [-0.05, 0) is 58.4 Å². The first-order valence-electron chi connectivity index (χ1n) is 6.35. The largest absolute Gasteiger partial charge is 0.396 e. The first kappa shape index (κ1) is 12.7. The van der Waals surface area contributed by atoms with E-state index in [4.69, 9.17) is 5.11 Å². The third-order valence-corrected chi connectivity index (χ3v) is 3.12. The highest BCUT2D eigenvalue weighted by Crippen LogP contribution is 2.19. The van der Waals surface area contributed by atoms with E-state index in [1.165, 1.54) is 32.1 Å². The molecule has 0 aromatic rings. The summed E-state index contributed by atoms with van der Waals surface area (Å²) in [5, 5.41) is 12.2. The van der Waals surface area contributed by atoms with Gasteiger partial charge in [0.05, 0.1) is 0 Å². The summed E-state index contributed by atoms with van der Waals surface area (Å²) in [5.41, 5.74) is 1.64. The fraction of sp³-hybridized carbons (Fsp3) is 0.846. The van der Waals surface area contributed by atoms with E-state index in [0.29, 0.717) is 12.6 Å². The standard InChI is InChI=1S/C13H25NO/c1-12(6-5-11-15)14-10-9-13-7-3-2-4-8-13/h7,12,14-15H,2-6,8-11H2,1H3. The second-order valence-corrected chi connectivity index (χ2v) is 4.58. The maximum atomic E-state index is 8.71. The maximum absolute atomic E-state index is 8.71. The molecule has 0 radical (unpaired) electrons. The Morgan fingerprint density at radius 2 is 2.33 bits per heavy atom. The van der Waals surface area contributed by atoms with Crippen LogP contribution in [0.4, 0.5) is 0 Å². The Labute approximate surface area is 93.8 Å². The first-order valence-corrected chi connectivity index (χ1v) is 6.35. The molecule has 0 saturated heterocycles. The van der Waals surface area contributed by atoms with Gasteiger partial charge >= 0.3 is 0 Å². The molecule has 0 saturated carbocycles. The van der Waals surface area contributed by atoms with Gasteiger partial charge in [-0.15, -0.1) is 0 Å². The highest BCUT2D eigenvalue weighted by molar-refractivity contribution is 5.05. The van der Waals surface area contributed by atoms with E-state index in [1.54, 1.807) is 5.57 Å². The molecule has 15 heavy (non-hydrogen) atoms. The van der Waals surface area contributed by atoms with E-state index in [2.05, 4.69) is 18.3 Å². The SMILES string of the molecule is CC(CCCO)NCCC1=CCCCC1. The molecular weight excluding hydrogens is 186 g/mol. The van der Waals surface area contributed by atoms with Crippen LogP contribution in [0, 0.1) is 0 Å². The van der Waals surface area contributed by atoms with Crippen LogP contribution in [0.25, 0.3) is 0 Å². The van der Waals surface area contributed by atoms with E-state index in [0.717, 1.165) is 19.4 Å². The Morgan fingerprint density at radius 1 is 1.47 bits per heavy atom. The molecule has 1 aliphatic carbocycles. The van der Waals surface area contributed by atoms with E-state index >= 15 is 0 Å². The summed E-state index contributed by atoms with van der Waals surface area (Å²) >= 11 is 0.